The van der Waals surface area contributed by atoms with Gasteiger partial charge in [-0.3, -0.25) is 14.8 Å². The molecule has 1 N–H and O–H groups in total. The third kappa shape index (κ3) is 2.71. The zero-order chi connectivity index (χ0) is 12.3. The van der Waals surface area contributed by atoms with Crippen molar-refractivity contribution < 1.29 is 4.79 Å². The number of nitrogens with one attached hydrogen (secondary N) is 1. The molecule has 2 rings (SSSR count). The van der Waals surface area contributed by atoms with E-state index in [-0.39, 0.29) is 11.9 Å². The van der Waals surface area contributed by atoms with E-state index in [2.05, 4.69) is 15.3 Å². The summed E-state index contributed by atoms with van der Waals surface area (Å²) in [7, 11) is 0. The molecule has 0 radical (unpaired) electrons. The quantitative estimate of drug-likeness (QED) is 0.847. The van der Waals surface area contributed by atoms with Gasteiger partial charge in [0.15, 0.2) is 0 Å². The fourth-order valence-electron chi connectivity index (χ4n) is 1.45. The number of halogens is 1. The summed E-state index contributed by atoms with van der Waals surface area (Å²) in [6.07, 6.45) is 3.23. The number of benzene rings is 1. The van der Waals surface area contributed by atoms with E-state index in [1.165, 1.54) is 0 Å². The average molecular weight is 250 g/mol. The number of hydrogen-bond acceptors (Lipinski definition) is 3. The lowest BCUT2D eigenvalue weighted by Crippen LogP contribution is -2.33. The number of hydrogen-bond donors (Lipinski definition) is 1. The average Bonchev–Trinajstić information content (AvgIpc) is 2.38. The Hall–Kier alpha value is -1.68. The number of rotatable bonds is 3. The molecule has 17 heavy (non-hydrogen) atoms. The van der Waals surface area contributed by atoms with Crippen LogP contribution in [0.1, 0.15) is 17.3 Å². The lowest BCUT2D eigenvalue weighted by atomic mass is 10.1. The van der Waals surface area contributed by atoms with Crippen LogP contribution in [0, 0.1) is 0 Å². The Balaban J connectivity index is 2.27. The maximum Gasteiger partial charge on any atom is 0.251 e. The molecule has 0 aliphatic carbocycles. The van der Waals surface area contributed by atoms with Crippen molar-refractivity contribution in [2.24, 2.45) is 0 Å². The molecular weight excluding hydrogens is 238 g/mol. The monoisotopic (exact) mass is 249 g/mol. The first-order valence-corrected chi connectivity index (χ1v) is 5.82. The summed E-state index contributed by atoms with van der Waals surface area (Å²) < 4.78 is 0. The summed E-state index contributed by atoms with van der Waals surface area (Å²) in [4.78, 5) is 20.1. The Kier molecular flexibility index (Phi) is 3.54. The van der Waals surface area contributed by atoms with Crippen molar-refractivity contribution >= 4 is 28.5 Å². The summed E-state index contributed by atoms with van der Waals surface area (Å²) in [6.45, 7) is 1.85. The largest absolute Gasteiger partial charge is 0.348 e. The number of aromatic nitrogens is 2. The molecule has 0 aliphatic heterocycles. The number of nitrogens with zero attached hydrogens (tertiary/aromatic N) is 2. The molecule has 1 amide bonds. The number of amides is 1. The third-order valence-corrected chi connectivity index (χ3v) is 2.80. The minimum absolute atomic E-state index is 0.0540. The Morgan fingerprint density at radius 1 is 1.35 bits per heavy atom. The summed E-state index contributed by atoms with van der Waals surface area (Å²) in [5.74, 6) is 0.241. The van der Waals surface area contributed by atoms with E-state index in [0.717, 1.165) is 5.52 Å². The number of carbonyl (C=O) groups is 1. The van der Waals surface area contributed by atoms with Crippen LogP contribution in [0.2, 0.25) is 0 Å². The van der Waals surface area contributed by atoms with E-state index in [9.17, 15) is 4.79 Å². The summed E-state index contributed by atoms with van der Waals surface area (Å²) >= 11 is 5.64. The maximum atomic E-state index is 11.8. The molecule has 5 heteroatoms. The second-order valence-corrected chi connectivity index (χ2v) is 4.10. The zero-order valence-corrected chi connectivity index (χ0v) is 10.1. The Morgan fingerprint density at radius 3 is 2.76 bits per heavy atom. The summed E-state index contributed by atoms with van der Waals surface area (Å²) in [5, 5.41) is 2.79. The van der Waals surface area contributed by atoms with Crippen LogP contribution in [0.4, 0.5) is 0 Å². The molecule has 0 saturated carbocycles. The number of fused-ring (bicyclic) bond motifs is 1. The minimum atomic E-state index is -0.147. The molecule has 0 fully saturated rings. The highest BCUT2D eigenvalue weighted by molar-refractivity contribution is 6.18. The normalized spacial score (nSPS) is 12.4. The first-order valence-electron chi connectivity index (χ1n) is 5.28. The topological polar surface area (TPSA) is 54.9 Å². The first kappa shape index (κ1) is 11.8. The smallest absolute Gasteiger partial charge is 0.251 e. The van der Waals surface area contributed by atoms with Gasteiger partial charge in [0.25, 0.3) is 5.91 Å². The van der Waals surface area contributed by atoms with Gasteiger partial charge in [-0.2, -0.15) is 0 Å². The van der Waals surface area contributed by atoms with Gasteiger partial charge in [0.1, 0.15) is 0 Å². The molecule has 1 aromatic carbocycles. The van der Waals surface area contributed by atoms with Crippen LogP contribution in [0.3, 0.4) is 0 Å². The fourth-order valence-corrected chi connectivity index (χ4v) is 1.53. The van der Waals surface area contributed by atoms with Crippen LogP contribution in [-0.4, -0.2) is 27.8 Å². The van der Waals surface area contributed by atoms with E-state index < -0.39 is 0 Å². The van der Waals surface area contributed by atoms with E-state index in [1.54, 1.807) is 30.6 Å². The zero-order valence-electron chi connectivity index (χ0n) is 9.35. The van der Waals surface area contributed by atoms with E-state index in [4.69, 9.17) is 11.6 Å². The Morgan fingerprint density at radius 2 is 2.06 bits per heavy atom. The second-order valence-electron chi connectivity index (χ2n) is 3.79. The molecule has 0 spiro atoms. The van der Waals surface area contributed by atoms with Gasteiger partial charge in [-0.1, -0.05) is 0 Å². The van der Waals surface area contributed by atoms with E-state index in [0.29, 0.717) is 17.0 Å². The van der Waals surface area contributed by atoms with Gasteiger partial charge in [0, 0.05) is 29.9 Å². The molecule has 1 atom stereocenters. The SMILES string of the molecule is CC(CCl)NC(=O)c1ccc2nccnc2c1. The van der Waals surface area contributed by atoms with Crippen molar-refractivity contribution in [1.29, 1.82) is 0 Å². The van der Waals surface area contributed by atoms with Crippen LogP contribution >= 0.6 is 11.6 Å². The Bertz CT molecular complexity index is 544. The molecule has 0 aliphatic rings. The molecule has 1 heterocycles. The predicted octanol–water partition coefficient (Wildman–Crippen LogP) is 1.99. The summed E-state index contributed by atoms with van der Waals surface area (Å²) in [5.41, 5.74) is 2.04. The first-order chi connectivity index (χ1) is 8.20. The van der Waals surface area contributed by atoms with Crippen molar-refractivity contribution in [2.45, 2.75) is 13.0 Å². The molecule has 88 valence electrons. The number of alkyl halides is 1. The second kappa shape index (κ2) is 5.10. The van der Waals surface area contributed by atoms with Crippen molar-refractivity contribution in [1.82, 2.24) is 15.3 Å². The van der Waals surface area contributed by atoms with Gasteiger partial charge in [-0.05, 0) is 25.1 Å². The van der Waals surface area contributed by atoms with Gasteiger partial charge in [-0.25, -0.2) is 0 Å². The van der Waals surface area contributed by atoms with Crippen molar-refractivity contribution in [3.8, 4) is 0 Å². The maximum absolute atomic E-state index is 11.8. The highest BCUT2D eigenvalue weighted by atomic mass is 35.5. The molecule has 0 bridgehead atoms. The van der Waals surface area contributed by atoms with E-state index >= 15 is 0 Å². The predicted molar refractivity (Wildman–Crippen MR) is 67.2 cm³/mol. The highest BCUT2D eigenvalue weighted by Gasteiger charge is 2.09. The molecule has 2 aromatic rings. The van der Waals surface area contributed by atoms with Gasteiger partial charge in [0.2, 0.25) is 0 Å². The molecule has 1 aromatic heterocycles. The van der Waals surface area contributed by atoms with Gasteiger partial charge in [-0.15, -0.1) is 11.6 Å². The van der Waals surface area contributed by atoms with Crippen molar-refractivity contribution in [3.63, 3.8) is 0 Å². The van der Waals surface area contributed by atoms with Gasteiger partial charge < -0.3 is 5.32 Å². The highest BCUT2D eigenvalue weighted by Crippen LogP contribution is 2.10. The standard InChI is InChI=1S/C12H12ClN3O/c1-8(7-13)16-12(17)9-2-3-10-11(6-9)15-5-4-14-10/h2-6,8H,7H2,1H3,(H,16,17). The van der Waals surface area contributed by atoms with Crippen LogP contribution in [0.5, 0.6) is 0 Å². The minimum Gasteiger partial charge on any atom is -0.348 e. The van der Waals surface area contributed by atoms with Gasteiger partial charge in [0.05, 0.1) is 11.0 Å². The molecule has 4 nitrogen and oxygen atoms in total. The lowest BCUT2D eigenvalue weighted by molar-refractivity contribution is 0.0943. The lowest BCUT2D eigenvalue weighted by Gasteiger charge is -2.10. The van der Waals surface area contributed by atoms with Crippen LogP contribution in [0.25, 0.3) is 11.0 Å². The third-order valence-electron chi connectivity index (χ3n) is 2.34. The fraction of sp³-hybridized carbons (Fsp3) is 0.250. The van der Waals surface area contributed by atoms with Crippen LogP contribution in [0.15, 0.2) is 30.6 Å². The summed E-state index contributed by atoms with van der Waals surface area (Å²) in [6, 6.07) is 5.18. The molecule has 0 saturated heterocycles. The molecular formula is C12H12ClN3O. The van der Waals surface area contributed by atoms with Crippen molar-refractivity contribution in [3.05, 3.63) is 36.2 Å². The Labute approximate surface area is 104 Å². The van der Waals surface area contributed by atoms with Crippen LogP contribution in [-0.2, 0) is 0 Å². The van der Waals surface area contributed by atoms with Gasteiger partial charge >= 0.3 is 0 Å². The molecule has 1 unspecified atom stereocenters. The van der Waals surface area contributed by atoms with Crippen molar-refractivity contribution in [2.75, 3.05) is 5.88 Å². The number of carbonyl (C=O) groups excluding carboxylic acids is 1. The van der Waals surface area contributed by atoms with Crippen LogP contribution < -0.4 is 5.32 Å². The van der Waals surface area contributed by atoms with E-state index in [1.807, 2.05) is 6.92 Å².